The number of aryl methyl sites for hydroxylation is 2. The molecule has 0 N–H and O–H groups in total. The Morgan fingerprint density at radius 2 is 2.13 bits per heavy atom. The van der Waals surface area contributed by atoms with Gasteiger partial charge in [-0.05, 0) is 43.7 Å². The zero-order valence-electron chi connectivity index (χ0n) is 13.6. The van der Waals surface area contributed by atoms with Crippen LogP contribution in [-0.2, 0) is 11.2 Å². The number of imidazole rings is 1. The Labute approximate surface area is 137 Å². The van der Waals surface area contributed by atoms with Gasteiger partial charge in [0.2, 0.25) is 5.91 Å². The first-order valence-electron chi connectivity index (χ1n) is 8.60. The lowest BCUT2D eigenvalue weighted by Crippen LogP contribution is -2.42. The zero-order chi connectivity index (χ0) is 15.8. The smallest absolute Gasteiger partial charge is 0.230 e. The summed E-state index contributed by atoms with van der Waals surface area (Å²) in [6.07, 6.45) is 8.08. The minimum absolute atomic E-state index is 0.0637. The molecular weight excluding hydrogens is 286 g/mol. The molecule has 1 aliphatic carbocycles. The maximum Gasteiger partial charge on any atom is 0.230 e. The van der Waals surface area contributed by atoms with E-state index in [4.69, 9.17) is 0 Å². The Morgan fingerprint density at radius 1 is 1.26 bits per heavy atom. The monoisotopic (exact) mass is 309 g/mol. The minimum Gasteiger partial charge on any atom is -0.340 e. The first kappa shape index (κ1) is 14.5. The molecule has 1 amide bonds. The highest BCUT2D eigenvalue weighted by Crippen LogP contribution is 2.35. The van der Waals surface area contributed by atoms with E-state index in [2.05, 4.69) is 38.7 Å². The molecular formula is C19H23N3O. The predicted octanol–water partition coefficient (Wildman–Crippen LogP) is 3.09. The van der Waals surface area contributed by atoms with E-state index < -0.39 is 0 Å². The van der Waals surface area contributed by atoms with Gasteiger partial charge in [0.25, 0.3) is 0 Å². The Balaban J connectivity index is 1.52. The normalized spacial score (nSPS) is 23.8. The standard InChI is InChI=1S/C19H23N3O/c1-14-20-10-12-22(14)16-6-4-11-21(13-16)19(23)18-9-8-15-5-2-3-7-17(15)18/h2-3,5,7,10,12,16,18H,4,6,8-9,11,13H2,1H3/t16-,18-/m1/s1. The molecule has 1 fully saturated rings. The number of hydrogen-bond acceptors (Lipinski definition) is 2. The molecule has 1 aromatic heterocycles. The number of aromatic nitrogens is 2. The summed E-state index contributed by atoms with van der Waals surface area (Å²) in [5.74, 6) is 1.42. The van der Waals surface area contributed by atoms with Crippen LogP contribution in [0.5, 0.6) is 0 Å². The zero-order valence-corrected chi connectivity index (χ0v) is 13.6. The SMILES string of the molecule is Cc1nccn1[C@@H]1CCCN(C(=O)[C@@H]2CCc3ccccc32)C1. The second kappa shape index (κ2) is 5.84. The molecule has 4 heteroatoms. The molecule has 1 saturated heterocycles. The van der Waals surface area contributed by atoms with Crippen LogP contribution in [0.3, 0.4) is 0 Å². The summed E-state index contributed by atoms with van der Waals surface area (Å²) in [7, 11) is 0. The quantitative estimate of drug-likeness (QED) is 0.855. The lowest BCUT2D eigenvalue weighted by molar-refractivity contribution is -0.134. The number of piperidine rings is 1. The lowest BCUT2D eigenvalue weighted by Gasteiger charge is -2.35. The second-order valence-corrected chi connectivity index (χ2v) is 6.75. The van der Waals surface area contributed by atoms with E-state index in [0.29, 0.717) is 11.9 Å². The van der Waals surface area contributed by atoms with Crippen LogP contribution in [0.1, 0.15) is 48.2 Å². The van der Waals surface area contributed by atoms with Gasteiger partial charge in [-0.2, -0.15) is 0 Å². The van der Waals surface area contributed by atoms with Gasteiger partial charge in [0.15, 0.2) is 0 Å². The number of rotatable bonds is 2. The van der Waals surface area contributed by atoms with Crippen LogP contribution in [0, 0.1) is 6.92 Å². The van der Waals surface area contributed by atoms with Gasteiger partial charge in [0.05, 0.1) is 12.0 Å². The fourth-order valence-corrected chi connectivity index (χ4v) is 4.19. The molecule has 120 valence electrons. The van der Waals surface area contributed by atoms with E-state index in [0.717, 1.165) is 44.6 Å². The van der Waals surface area contributed by atoms with E-state index in [1.165, 1.54) is 11.1 Å². The van der Waals surface area contributed by atoms with E-state index >= 15 is 0 Å². The Hall–Kier alpha value is -2.10. The number of fused-ring (bicyclic) bond motifs is 1. The maximum absolute atomic E-state index is 13.1. The van der Waals surface area contributed by atoms with Crippen molar-refractivity contribution in [3.8, 4) is 0 Å². The largest absolute Gasteiger partial charge is 0.340 e. The van der Waals surface area contributed by atoms with Crippen molar-refractivity contribution in [1.82, 2.24) is 14.5 Å². The van der Waals surface area contributed by atoms with Crippen molar-refractivity contribution in [1.29, 1.82) is 0 Å². The van der Waals surface area contributed by atoms with Gasteiger partial charge < -0.3 is 9.47 Å². The fourth-order valence-electron chi connectivity index (χ4n) is 4.19. The van der Waals surface area contributed by atoms with Gasteiger partial charge >= 0.3 is 0 Å². The number of nitrogens with zero attached hydrogens (tertiary/aromatic N) is 3. The third-order valence-corrected chi connectivity index (χ3v) is 5.39. The maximum atomic E-state index is 13.1. The van der Waals surface area contributed by atoms with Gasteiger partial charge in [0.1, 0.15) is 5.82 Å². The van der Waals surface area contributed by atoms with Crippen LogP contribution in [0.25, 0.3) is 0 Å². The number of likely N-dealkylation sites (tertiary alicyclic amines) is 1. The second-order valence-electron chi connectivity index (χ2n) is 6.75. The van der Waals surface area contributed by atoms with Gasteiger partial charge in [-0.1, -0.05) is 24.3 Å². The van der Waals surface area contributed by atoms with Crippen molar-refractivity contribution >= 4 is 5.91 Å². The van der Waals surface area contributed by atoms with Gasteiger partial charge in [-0.15, -0.1) is 0 Å². The third kappa shape index (κ3) is 2.56. The Morgan fingerprint density at radius 3 is 2.96 bits per heavy atom. The molecule has 4 rings (SSSR count). The average Bonchev–Trinajstić information content (AvgIpc) is 3.20. The molecule has 0 spiro atoms. The van der Waals surface area contributed by atoms with Crippen molar-refractivity contribution in [2.24, 2.45) is 0 Å². The van der Waals surface area contributed by atoms with Crippen LogP contribution >= 0.6 is 0 Å². The average molecular weight is 309 g/mol. The van der Waals surface area contributed by atoms with Crippen molar-refractivity contribution < 1.29 is 4.79 Å². The van der Waals surface area contributed by atoms with Crippen LogP contribution in [0.15, 0.2) is 36.7 Å². The van der Waals surface area contributed by atoms with Gasteiger partial charge in [0, 0.05) is 25.5 Å². The summed E-state index contributed by atoms with van der Waals surface area (Å²) in [4.78, 5) is 19.5. The summed E-state index contributed by atoms with van der Waals surface area (Å²) < 4.78 is 2.22. The van der Waals surface area contributed by atoms with Gasteiger partial charge in [-0.3, -0.25) is 4.79 Å². The Bertz CT molecular complexity index is 721. The van der Waals surface area contributed by atoms with Crippen LogP contribution in [-0.4, -0.2) is 33.4 Å². The first-order valence-corrected chi connectivity index (χ1v) is 8.60. The lowest BCUT2D eigenvalue weighted by atomic mass is 9.97. The molecule has 2 aliphatic rings. The number of hydrogen-bond donors (Lipinski definition) is 0. The molecule has 2 atom stereocenters. The molecule has 4 nitrogen and oxygen atoms in total. The molecule has 1 aliphatic heterocycles. The summed E-state index contributed by atoms with van der Waals surface area (Å²) in [6, 6.07) is 8.79. The fraction of sp³-hybridized carbons (Fsp3) is 0.474. The molecule has 2 heterocycles. The first-order chi connectivity index (χ1) is 11.2. The third-order valence-electron chi connectivity index (χ3n) is 5.39. The summed E-state index contributed by atoms with van der Waals surface area (Å²) in [6.45, 7) is 3.74. The molecule has 0 radical (unpaired) electrons. The van der Waals surface area contributed by atoms with Crippen LogP contribution < -0.4 is 0 Å². The Kier molecular flexibility index (Phi) is 3.68. The van der Waals surface area contributed by atoms with Crippen LogP contribution in [0.2, 0.25) is 0 Å². The highest BCUT2D eigenvalue weighted by molar-refractivity contribution is 5.85. The number of carbonyl (C=O) groups excluding carboxylic acids is 1. The highest BCUT2D eigenvalue weighted by atomic mass is 16.2. The molecule has 0 unspecified atom stereocenters. The van der Waals surface area contributed by atoms with E-state index in [-0.39, 0.29) is 5.92 Å². The minimum atomic E-state index is 0.0637. The van der Waals surface area contributed by atoms with Crippen LogP contribution in [0.4, 0.5) is 0 Å². The summed E-state index contributed by atoms with van der Waals surface area (Å²) in [5, 5.41) is 0. The molecule has 1 aromatic carbocycles. The van der Waals surface area contributed by atoms with E-state index in [9.17, 15) is 4.79 Å². The summed E-state index contributed by atoms with van der Waals surface area (Å²) in [5.41, 5.74) is 2.60. The van der Waals surface area contributed by atoms with Gasteiger partial charge in [-0.25, -0.2) is 4.98 Å². The number of benzene rings is 1. The topological polar surface area (TPSA) is 38.1 Å². The van der Waals surface area contributed by atoms with E-state index in [1.54, 1.807) is 0 Å². The van der Waals surface area contributed by atoms with Crippen molar-refractivity contribution in [2.75, 3.05) is 13.1 Å². The molecule has 0 saturated carbocycles. The number of carbonyl (C=O) groups is 1. The van der Waals surface area contributed by atoms with Crippen molar-refractivity contribution in [3.63, 3.8) is 0 Å². The predicted molar refractivity (Wildman–Crippen MR) is 89.3 cm³/mol. The number of amides is 1. The molecule has 0 bridgehead atoms. The summed E-state index contributed by atoms with van der Waals surface area (Å²) >= 11 is 0. The van der Waals surface area contributed by atoms with Crippen molar-refractivity contribution in [3.05, 3.63) is 53.6 Å². The van der Waals surface area contributed by atoms with Crippen molar-refractivity contribution in [2.45, 2.75) is 44.6 Å². The highest BCUT2D eigenvalue weighted by Gasteiger charge is 2.34. The molecule has 23 heavy (non-hydrogen) atoms. The van der Waals surface area contributed by atoms with E-state index in [1.807, 2.05) is 19.3 Å². The molecule has 2 aromatic rings.